The number of nitrogens with one attached hydrogen (secondary N) is 1. The molecule has 2 amide bonds. The van der Waals surface area contributed by atoms with E-state index < -0.39 is 0 Å². The van der Waals surface area contributed by atoms with Crippen LogP contribution in [0.15, 0.2) is 63.8 Å². The van der Waals surface area contributed by atoms with Gasteiger partial charge in [-0.15, -0.1) is 0 Å². The zero-order valence-corrected chi connectivity index (χ0v) is 17.3. The number of imide groups is 1. The first-order valence-electron chi connectivity index (χ1n) is 9.78. The summed E-state index contributed by atoms with van der Waals surface area (Å²) >= 11 is 0.902. The van der Waals surface area contributed by atoms with Crippen molar-refractivity contribution in [3.05, 3.63) is 75.2 Å². The first-order valence-corrected chi connectivity index (χ1v) is 10.6. The van der Waals surface area contributed by atoms with Gasteiger partial charge in [-0.2, -0.15) is 0 Å². The molecule has 1 aromatic carbocycles. The van der Waals surface area contributed by atoms with Gasteiger partial charge >= 0.3 is 0 Å². The van der Waals surface area contributed by atoms with Gasteiger partial charge in [0.05, 0.1) is 35.1 Å². The minimum atomic E-state index is -0.362. The van der Waals surface area contributed by atoms with Crippen LogP contribution in [0.25, 0.3) is 10.9 Å². The Kier molecular flexibility index (Phi) is 5.96. The summed E-state index contributed by atoms with van der Waals surface area (Å²) in [5, 5.41) is 2.50. The number of fused-ring (bicyclic) bond motifs is 1. The van der Waals surface area contributed by atoms with Crippen molar-refractivity contribution in [3.63, 3.8) is 0 Å². The molecule has 1 N–H and O–H groups in total. The molecular weight excluding hydrogens is 402 g/mol. The lowest BCUT2D eigenvalue weighted by molar-refractivity contribution is -0.115. The Morgan fingerprint density at radius 2 is 2.13 bits per heavy atom. The molecule has 0 saturated carbocycles. The van der Waals surface area contributed by atoms with Gasteiger partial charge in [-0.3, -0.25) is 24.3 Å². The largest absolute Gasteiger partial charge is 0.372 e. The molecule has 1 aliphatic heterocycles. The monoisotopic (exact) mass is 423 g/mol. The van der Waals surface area contributed by atoms with Crippen LogP contribution in [0, 0.1) is 0 Å². The zero-order valence-electron chi connectivity index (χ0n) is 16.5. The van der Waals surface area contributed by atoms with Crippen molar-refractivity contribution in [2.75, 3.05) is 6.61 Å². The van der Waals surface area contributed by atoms with Crippen LogP contribution in [-0.4, -0.2) is 33.4 Å². The van der Waals surface area contributed by atoms with Crippen LogP contribution in [0.3, 0.4) is 0 Å². The molecule has 154 valence electrons. The molecule has 0 radical (unpaired) electrons. The summed E-state index contributed by atoms with van der Waals surface area (Å²) in [6.45, 7) is 2.80. The Morgan fingerprint density at radius 1 is 1.30 bits per heavy atom. The quantitative estimate of drug-likeness (QED) is 0.718. The lowest BCUT2D eigenvalue weighted by atomic mass is 10.0. The zero-order chi connectivity index (χ0) is 21.1. The van der Waals surface area contributed by atoms with Gasteiger partial charge in [0, 0.05) is 6.42 Å². The number of carbonyl (C=O) groups excluding carboxylic acids is 2. The van der Waals surface area contributed by atoms with Crippen molar-refractivity contribution in [2.45, 2.75) is 32.4 Å². The van der Waals surface area contributed by atoms with Crippen LogP contribution in [0.5, 0.6) is 0 Å². The second-order valence-electron chi connectivity index (χ2n) is 6.92. The Balaban J connectivity index is 1.38. The molecule has 1 saturated heterocycles. The second-order valence-corrected chi connectivity index (χ2v) is 7.93. The summed E-state index contributed by atoms with van der Waals surface area (Å²) in [6, 6.07) is 7.37. The minimum absolute atomic E-state index is 0.0454. The summed E-state index contributed by atoms with van der Waals surface area (Å²) in [5.41, 5.74) is 1.54. The summed E-state index contributed by atoms with van der Waals surface area (Å²) < 4.78 is 7.62. The second kappa shape index (κ2) is 8.81. The molecule has 2 aliphatic rings. The Morgan fingerprint density at radius 3 is 2.83 bits per heavy atom. The van der Waals surface area contributed by atoms with Crippen LogP contribution >= 0.6 is 11.8 Å². The molecule has 1 aromatic heterocycles. The van der Waals surface area contributed by atoms with Gasteiger partial charge in [-0.25, -0.2) is 4.98 Å². The third-order valence-corrected chi connectivity index (χ3v) is 5.74. The number of carbonyl (C=O) groups is 2. The highest BCUT2D eigenvalue weighted by Gasteiger charge is 2.25. The normalized spacial score (nSPS) is 20.1. The highest BCUT2D eigenvalue weighted by molar-refractivity contribution is 8.18. The molecule has 8 heteroatoms. The summed E-state index contributed by atoms with van der Waals surface area (Å²) in [5.74, 6) is 0.385. The third kappa shape index (κ3) is 4.29. The van der Waals surface area contributed by atoms with Crippen LogP contribution in [0.2, 0.25) is 0 Å². The maximum Gasteiger partial charge on any atom is 0.290 e. The van der Waals surface area contributed by atoms with E-state index in [-0.39, 0.29) is 22.8 Å². The average molecular weight is 423 g/mol. The number of hydrogen-bond acceptors (Lipinski definition) is 6. The highest BCUT2D eigenvalue weighted by Crippen LogP contribution is 2.26. The van der Waals surface area contributed by atoms with Gasteiger partial charge in [0.15, 0.2) is 0 Å². The summed E-state index contributed by atoms with van der Waals surface area (Å²) in [7, 11) is 0. The van der Waals surface area contributed by atoms with Gasteiger partial charge in [0.2, 0.25) is 0 Å². The number of aromatic nitrogens is 2. The number of amides is 2. The number of rotatable bonds is 6. The van der Waals surface area contributed by atoms with Crippen molar-refractivity contribution in [1.82, 2.24) is 14.9 Å². The Bertz CT molecular complexity index is 1160. The molecule has 1 atom stereocenters. The molecule has 1 unspecified atom stereocenters. The number of hydrogen-bond donors (Lipinski definition) is 1. The summed E-state index contributed by atoms with van der Waals surface area (Å²) in [4.78, 5) is 40.7. The van der Waals surface area contributed by atoms with Gasteiger partial charge in [-0.1, -0.05) is 37.3 Å². The first-order chi connectivity index (χ1) is 14.5. The molecule has 1 fully saturated rings. The smallest absolute Gasteiger partial charge is 0.290 e. The number of aryl methyl sites for hydroxylation is 1. The van der Waals surface area contributed by atoms with E-state index in [0.29, 0.717) is 41.8 Å². The molecule has 2 heterocycles. The third-order valence-electron chi connectivity index (χ3n) is 4.93. The van der Waals surface area contributed by atoms with E-state index in [9.17, 15) is 14.4 Å². The van der Waals surface area contributed by atoms with Gasteiger partial charge in [0.1, 0.15) is 5.82 Å². The average Bonchev–Trinajstić information content (AvgIpc) is 3.07. The van der Waals surface area contributed by atoms with Crippen LogP contribution in [0.1, 0.15) is 19.2 Å². The van der Waals surface area contributed by atoms with Crippen molar-refractivity contribution >= 4 is 33.8 Å². The molecule has 1 aliphatic carbocycles. The van der Waals surface area contributed by atoms with Gasteiger partial charge < -0.3 is 4.74 Å². The van der Waals surface area contributed by atoms with Gasteiger partial charge in [0.25, 0.3) is 16.7 Å². The van der Waals surface area contributed by atoms with Crippen molar-refractivity contribution in [3.8, 4) is 0 Å². The number of allylic oxidation sites excluding steroid dienone is 3. The molecule has 7 nitrogen and oxygen atoms in total. The maximum absolute atomic E-state index is 12.8. The molecular formula is C22H21N3O4S. The van der Waals surface area contributed by atoms with E-state index in [2.05, 4.69) is 10.3 Å². The van der Waals surface area contributed by atoms with E-state index in [1.165, 1.54) is 0 Å². The fourth-order valence-corrected chi connectivity index (χ4v) is 4.11. The minimum Gasteiger partial charge on any atom is -0.372 e. The predicted molar refractivity (Wildman–Crippen MR) is 116 cm³/mol. The van der Waals surface area contributed by atoms with E-state index in [0.717, 1.165) is 23.2 Å². The van der Waals surface area contributed by atoms with Crippen molar-refractivity contribution < 1.29 is 14.3 Å². The topological polar surface area (TPSA) is 90.3 Å². The maximum atomic E-state index is 12.8. The fourth-order valence-electron chi connectivity index (χ4n) is 3.43. The van der Waals surface area contributed by atoms with Crippen molar-refractivity contribution in [1.29, 1.82) is 0 Å². The predicted octanol–water partition coefficient (Wildman–Crippen LogP) is 3.10. The van der Waals surface area contributed by atoms with Crippen LogP contribution < -0.4 is 10.9 Å². The van der Waals surface area contributed by atoms with Crippen LogP contribution in [-0.2, 0) is 22.5 Å². The fraction of sp³-hybridized carbons (Fsp3) is 0.273. The Labute approximate surface area is 177 Å². The number of benzene rings is 1. The first kappa shape index (κ1) is 20.3. The van der Waals surface area contributed by atoms with E-state index in [1.54, 1.807) is 16.7 Å². The number of ether oxygens (including phenoxy) is 1. The lowest BCUT2D eigenvalue weighted by Gasteiger charge is -2.18. The van der Waals surface area contributed by atoms with Crippen molar-refractivity contribution in [2.24, 2.45) is 0 Å². The van der Waals surface area contributed by atoms with E-state index in [4.69, 9.17) is 4.74 Å². The molecule has 0 spiro atoms. The SMILES string of the molecule is CCc1nc2ccccc2c(=O)n1CCOC1C=CC(/C=C2\SC(=O)NC2=O)=CC1. The molecule has 0 bridgehead atoms. The van der Waals surface area contributed by atoms with E-state index in [1.807, 2.05) is 43.4 Å². The van der Waals surface area contributed by atoms with E-state index >= 15 is 0 Å². The number of thioether (sulfide) groups is 1. The summed E-state index contributed by atoms with van der Waals surface area (Å²) in [6.07, 6.45) is 8.68. The number of para-hydroxylation sites is 1. The molecule has 2 aromatic rings. The van der Waals surface area contributed by atoms with Gasteiger partial charge in [-0.05, 0) is 42.0 Å². The number of nitrogens with zero attached hydrogens (tertiary/aromatic N) is 2. The Hall–Kier alpha value is -2.97. The molecule has 30 heavy (non-hydrogen) atoms. The lowest BCUT2D eigenvalue weighted by Crippen LogP contribution is -2.28. The standard InChI is InChI=1S/C22H21N3O4S/c1-2-19-23-17-6-4-3-5-16(17)21(27)25(19)11-12-29-15-9-7-14(8-10-15)13-18-20(26)24-22(28)30-18/h3-9,13,15H,2,10-12H2,1H3,(H,24,26,28)/b18-13-. The van der Waals surface area contributed by atoms with Crippen LogP contribution in [0.4, 0.5) is 4.79 Å². The highest BCUT2D eigenvalue weighted by atomic mass is 32.2. The molecule has 4 rings (SSSR count).